The topological polar surface area (TPSA) is 74.1 Å². The molecule has 0 aliphatic rings. The standard InChI is InChI=1S/C26H28ClN5O2S/c1-3-33-24-16-20(15-23(27)25(24)34-18-21-10-8-7-9-19(21)2)17-28-13-14-35-26-29-30-31-32(26)22-11-5-4-6-12-22/h4-12,15-16,28H,3,13-14,17-18H2,1-2H3. The largest absolute Gasteiger partial charge is 0.490 e. The van der Waals surface area contributed by atoms with E-state index >= 15 is 0 Å². The summed E-state index contributed by atoms with van der Waals surface area (Å²) < 4.78 is 13.7. The van der Waals surface area contributed by atoms with Crippen molar-refractivity contribution in [2.75, 3.05) is 18.9 Å². The minimum absolute atomic E-state index is 0.434. The normalized spacial score (nSPS) is 10.9. The van der Waals surface area contributed by atoms with Gasteiger partial charge in [0, 0.05) is 18.8 Å². The van der Waals surface area contributed by atoms with Crippen molar-refractivity contribution in [3.63, 3.8) is 0 Å². The van der Waals surface area contributed by atoms with E-state index in [1.54, 1.807) is 16.4 Å². The number of ether oxygens (including phenoxy) is 2. The highest BCUT2D eigenvalue weighted by atomic mass is 35.5. The fourth-order valence-corrected chi connectivity index (χ4v) is 4.57. The number of para-hydroxylation sites is 1. The number of aryl methyl sites for hydroxylation is 1. The molecular formula is C26H28ClN5O2S. The molecule has 0 unspecified atom stereocenters. The van der Waals surface area contributed by atoms with Crippen LogP contribution in [0.25, 0.3) is 5.69 Å². The first-order chi connectivity index (χ1) is 17.2. The zero-order chi connectivity index (χ0) is 24.5. The van der Waals surface area contributed by atoms with Gasteiger partial charge in [0.2, 0.25) is 5.16 Å². The Balaban J connectivity index is 1.32. The van der Waals surface area contributed by atoms with Crippen molar-refractivity contribution in [3.05, 3.63) is 88.4 Å². The van der Waals surface area contributed by atoms with Crippen LogP contribution in [0.2, 0.25) is 5.02 Å². The lowest BCUT2D eigenvalue weighted by Gasteiger charge is -2.16. The van der Waals surface area contributed by atoms with Crippen LogP contribution in [0.3, 0.4) is 0 Å². The number of halogens is 1. The van der Waals surface area contributed by atoms with Gasteiger partial charge in [-0.2, -0.15) is 4.68 Å². The predicted octanol–water partition coefficient (Wildman–Crippen LogP) is 5.48. The molecule has 1 N–H and O–H groups in total. The van der Waals surface area contributed by atoms with E-state index < -0.39 is 0 Å². The Morgan fingerprint density at radius 2 is 1.83 bits per heavy atom. The highest BCUT2D eigenvalue weighted by Crippen LogP contribution is 2.37. The van der Waals surface area contributed by atoms with E-state index in [2.05, 4.69) is 39.9 Å². The van der Waals surface area contributed by atoms with Crippen LogP contribution in [0.1, 0.15) is 23.6 Å². The Kier molecular flexibility index (Phi) is 9.00. The molecule has 0 aliphatic heterocycles. The predicted molar refractivity (Wildman–Crippen MR) is 140 cm³/mol. The summed E-state index contributed by atoms with van der Waals surface area (Å²) in [7, 11) is 0. The molecule has 182 valence electrons. The van der Waals surface area contributed by atoms with Gasteiger partial charge in [-0.1, -0.05) is 65.8 Å². The van der Waals surface area contributed by atoms with E-state index in [1.807, 2.05) is 61.5 Å². The lowest BCUT2D eigenvalue weighted by Crippen LogP contribution is -2.17. The summed E-state index contributed by atoms with van der Waals surface area (Å²) in [5.74, 6) is 2.04. The molecule has 0 saturated carbocycles. The molecule has 0 saturated heterocycles. The number of rotatable bonds is 12. The molecule has 0 spiro atoms. The minimum Gasteiger partial charge on any atom is -0.490 e. The van der Waals surface area contributed by atoms with Crippen LogP contribution in [0, 0.1) is 6.92 Å². The van der Waals surface area contributed by atoms with Crippen LogP contribution < -0.4 is 14.8 Å². The number of tetrazole rings is 1. The van der Waals surface area contributed by atoms with E-state index in [0.29, 0.717) is 36.3 Å². The SMILES string of the molecule is CCOc1cc(CNCCSc2nnnn2-c2ccccc2)cc(Cl)c1OCc1ccccc1C. The second-order valence-corrected chi connectivity index (χ2v) is 9.26. The Morgan fingerprint density at radius 1 is 1.03 bits per heavy atom. The average molecular weight is 510 g/mol. The van der Waals surface area contributed by atoms with Gasteiger partial charge in [0.05, 0.1) is 17.3 Å². The maximum Gasteiger partial charge on any atom is 0.214 e. The van der Waals surface area contributed by atoms with E-state index in [0.717, 1.165) is 34.3 Å². The van der Waals surface area contributed by atoms with Crippen LogP contribution >= 0.6 is 23.4 Å². The summed E-state index contributed by atoms with van der Waals surface area (Å²) in [6.45, 7) is 6.41. The van der Waals surface area contributed by atoms with Crippen molar-refractivity contribution < 1.29 is 9.47 Å². The number of hydrogen-bond acceptors (Lipinski definition) is 7. The van der Waals surface area contributed by atoms with Gasteiger partial charge < -0.3 is 14.8 Å². The van der Waals surface area contributed by atoms with Crippen LogP contribution in [0.15, 0.2) is 71.9 Å². The zero-order valence-corrected chi connectivity index (χ0v) is 21.4. The summed E-state index contributed by atoms with van der Waals surface area (Å²) in [5, 5.41) is 16.8. The van der Waals surface area contributed by atoms with Crippen LogP contribution in [-0.4, -0.2) is 39.1 Å². The molecular weight excluding hydrogens is 482 g/mol. The Morgan fingerprint density at radius 3 is 2.63 bits per heavy atom. The Hall–Kier alpha value is -3.07. The van der Waals surface area contributed by atoms with Crippen molar-refractivity contribution in [1.82, 2.24) is 25.5 Å². The molecule has 0 amide bonds. The quantitative estimate of drug-likeness (QED) is 0.200. The summed E-state index contributed by atoms with van der Waals surface area (Å²) >= 11 is 8.20. The first-order valence-electron chi connectivity index (χ1n) is 11.5. The molecule has 35 heavy (non-hydrogen) atoms. The van der Waals surface area contributed by atoms with Crippen molar-refractivity contribution >= 4 is 23.4 Å². The summed E-state index contributed by atoms with van der Waals surface area (Å²) in [5.41, 5.74) is 4.27. The summed E-state index contributed by atoms with van der Waals surface area (Å²) in [6.07, 6.45) is 0. The van der Waals surface area contributed by atoms with Crippen molar-refractivity contribution in [3.8, 4) is 17.2 Å². The number of aromatic nitrogens is 4. The Bertz CT molecular complexity index is 1240. The molecule has 4 rings (SSSR count). The van der Waals surface area contributed by atoms with Crippen molar-refractivity contribution in [2.45, 2.75) is 32.2 Å². The van der Waals surface area contributed by atoms with E-state index in [1.165, 1.54) is 5.56 Å². The minimum atomic E-state index is 0.434. The van der Waals surface area contributed by atoms with Gasteiger partial charge in [-0.15, -0.1) is 5.10 Å². The third-order valence-electron chi connectivity index (χ3n) is 5.28. The summed E-state index contributed by atoms with van der Waals surface area (Å²) in [6, 6.07) is 21.9. The van der Waals surface area contributed by atoms with E-state index in [4.69, 9.17) is 21.1 Å². The first-order valence-corrected chi connectivity index (χ1v) is 12.8. The van der Waals surface area contributed by atoms with Gasteiger partial charge in [-0.05, 0) is 65.2 Å². The highest BCUT2D eigenvalue weighted by Gasteiger charge is 2.14. The second kappa shape index (κ2) is 12.6. The summed E-state index contributed by atoms with van der Waals surface area (Å²) in [4.78, 5) is 0. The first kappa shape index (κ1) is 25.0. The number of nitrogens with zero attached hydrogens (tertiary/aromatic N) is 4. The zero-order valence-electron chi connectivity index (χ0n) is 19.8. The molecule has 0 fully saturated rings. The maximum atomic E-state index is 6.60. The van der Waals surface area contributed by atoms with Crippen molar-refractivity contribution in [2.24, 2.45) is 0 Å². The number of hydrogen-bond donors (Lipinski definition) is 1. The molecule has 0 radical (unpaired) electrons. The van der Waals surface area contributed by atoms with Gasteiger partial charge in [-0.3, -0.25) is 0 Å². The molecule has 4 aromatic rings. The van der Waals surface area contributed by atoms with Gasteiger partial charge in [0.15, 0.2) is 11.5 Å². The van der Waals surface area contributed by atoms with Crippen LogP contribution in [0.5, 0.6) is 11.5 Å². The Labute approximate surface area is 214 Å². The van der Waals surface area contributed by atoms with Gasteiger partial charge in [0.25, 0.3) is 0 Å². The number of nitrogens with one attached hydrogen (secondary N) is 1. The molecule has 7 nitrogen and oxygen atoms in total. The molecule has 0 aliphatic carbocycles. The fraction of sp³-hybridized carbons (Fsp3) is 0.269. The van der Waals surface area contributed by atoms with Crippen molar-refractivity contribution in [1.29, 1.82) is 0 Å². The average Bonchev–Trinajstić information content (AvgIpc) is 3.34. The monoisotopic (exact) mass is 509 g/mol. The lowest BCUT2D eigenvalue weighted by atomic mass is 10.1. The molecule has 1 aromatic heterocycles. The van der Waals surface area contributed by atoms with E-state index in [9.17, 15) is 0 Å². The number of benzene rings is 3. The van der Waals surface area contributed by atoms with Gasteiger partial charge in [-0.25, -0.2) is 0 Å². The number of thioether (sulfide) groups is 1. The third kappa shape index (κ3) is 6.75. The third-order valence-corrected chi connectivity index (χ3v) is 6.48. The van der Waals surface area contributed by atoms with Crippen LogP contribution in [0.4, 0.5) is 0 Å². The highest BCUT2D eigenvalue weighted by molar-refractivity contribution is 7.99. The molecule has 0 bridgehead atoms. The van der Waals surface area contributed by atoms with Crippen LogP contribution in [-0.2, 0) is 13.2 Å². The smallest absolute Gasteiger partial charge is 0.214 e. The molecule has 3 aromatic carbocycles. The molecule has 1 heterocycles. The lowest BCUT2D eigenvalue weighted by molar-refractivity contribution is 0.269. The fourth-order valence-electron chi connectivity index (χ4n) is 3.50. The van der Waals surface area contributed by atoms with E-state index in [-0.39, 0.29) is 0 Å². The maximum absolute atomic E-state index is 6.60. The second-order valence-electron chi connectivity index (χ2n) is 7.79. The van der Waals surface area contributed by atoms with Gasteiger partial charge in [0.1, 0.15) is 6.61 Å². The molecule has 0 atom stereocenters. The molecule has 9 heteroatoms. The van der Waals surface area contributed by atoms with Gasteiger partial charge >= 0.3 is 0 Å².